The van der Waals surface area contributed by atoms with E-state index >= 15 is 0 Å². The highest BCUT2D eigenvalue weighted by Crippen LogP contribution is 2.15. The van der Waals surface area contributed by atoms with Crippen molar-refractivity contribution in [1.82, 2.24) is 15.2 Å². The van der Waals surface area contributed by atoms with Crippen LogP contribution in [0.5, 0.6) is 0 Å². The second kappa shape index (κ2) is 5.07. The number of hydrogen-bond acceptors (Lipinski definition) is 4. The van der Waals surface area contributed by atoms with Crippen LogP contribution in [0.25, 0.3) is 0 Å². The first-order valence-electron chi connectivity index (χ1n) is 4.43. The first kappa shape index (κ1) is 11.1. The molecule has 0 spiro atoms. The molecule has 0 bridgehead atoms. The van der Waals surface area contributed by atoms with E-state index in [-0.39, 0.29) is 11.9 Å². The first-order chi connectivity index (χ1) is 6.61. The third-order valence-corrected chi connectivity index (χ3v) is 2.89. The van der Waals surface area contributed by atoms with E-state index < -0.39 is 0 Å². The monoisotopic (exact) mass is 213 g/mol. The molecule has 0 saturated carbocycles. The van der Waals surface area contributed by atoms with Gasteiger partial charge in [0.2, 0.25) is 5.91 Å². The third kappa shape index (κ3) is 3.08. The molecule has 0 aromatic carbocycles. The van der Waals surface area contributed by atoms with Gasteiger partial charge in [-0.15, -0.1) is 11.3 Å². The van der Waals surface area contributed by atoms with Crippen molar-refractivity contribution in [3.63, 3.8) is 0 Å². The number of carbonyl (C=O) groups is 1. The number of nitrogens with zero attached hydrogens (tertiary/aromatic N) is 2. The van der Waals surface area contributed by atoms with E-state index in [9.17, 15) is 4.79 Å². The van der Waals surface area contributed by atoms with Crippen LogP contribution in [-0.4, -0.2) is 36.4 Å². The summed E-state index contributed by atoms with van der Waals surface area (Å²) >= 11 is 1.59. The van der Waals surface area contributed by atoms with Crippen molar-refractivity contribution in [3.8, 4) is 0 Å². The maximum atomic E-state index is 11.3. The number of nitrogens with one attached hydrogen (secondary N) is 1. The fourth-order valence-electron chi connectivity index (χ4n) is 0.939. The van der Waals surface area contributed by atoms with Crippen LogP contribution in [0.2, 0.25) is 0 Å². The molecule has 1 atom stereocenters. The van der Waals surface area contributed by atoms with Crippen LogP contribution in [0, 0.1) is 0 Å². The molecule has 0 fully saturated rings. The Morgan fingerprint density at radius 3 is 2.93 bits per heavy atom. The normalized spacial score (nSPS) is 12.5. The van der Waals surface area contributed by atoms with Crippen LogP contribution >= 0.6 is 11.3 Å². The van der Waals surface area contributed by atoms with Crippen molar-refractivity contribution in [2.75, 3.05) is 20.6 Å². The Kier molecular flexibility index (Phi) is 4.03. The van der Waals surface area contributed by atoms with Crippen LogP contribution in [0.1, 0.15) is 17.8 Å². The molecule has 14 heavy (non-hydrogen) atoms. The Morgan fingerprint density at radius 1 is 1.71 bits per heavy atom. The second-order valence-electron chi connectivity index (χ2n) is 3.29. The molecule has 1 amide bonds. The SMILES string of the molecule is CC(NCC(=O)N(C)C)c1cncs1. The highest BCUT2D eigenvalue weighted by molar-refractivity contribution is 7.09. The molecule has 0 aliphatic rings. The molecule has 0 aliphatic heterocycles. The summed E-state index contributed by atoms with van der Waals surface area (Å²) < 4.78 is 0. The van der Waals surface area contributed by atoms with Crippen LogP contribution in [-0.2, 0) is 4.79 Å². The van der Waals surface area contributed by atoms with Gasteiger partial charge in [0.15, 0.2) is 0 Å². The Labute approximate surface area is 88.0 Å². The van der Waals surface area contributed by atoms with Crippen molar-refractivity contribution in [2.45, 2.75) is 13.0 Å². The van der Waals surface area contributed by atoms with Crippen molar-refractivity contribution < 1.29 is 4.79 Å². The lowest BCUT2D eigenvalue weighted by Crippen LogP contribution is -2.34. The van der Waals surface area contributed by atoms with Gasteiger partial charge in [-0.2, -0.15) is 0 Å². The maximum absolute atomic E-state index is 11.3. The molecule has 1 aromatic rings. The van der Waals surface area contributed by atoms with Gasteiger partial charge in [-0.05, 0) is 6.92 Å². The number of aromatic nitrogens is 1. The summed E-state index contributed by atoms with van der Waals surface area (Å²) in [5.41, 5.74) is 1.79. The Morgan fingerprint density at radius 2 is 2.43 bits per heavy atom. The van der Waals surface area contributed by atoms with E-state index in [1.807, 2.05) is 13.1 Å². The van der Waals surface area contributed by atoms with Gasteiger partial charge >= 0.3 is 0 Å². The lowest BCUT2D eigenvalue weighted by Gasteiger charge is -2.14. The fourth-order valence-corrected chi connectivity index (χ4v) is 1.59. The topological polar surface area (TPSA) is 45.2 Å². The van der Waals surface area contributed by atoms with Gasteiger partial charge in [-0.1, -0.05) is 0 Å². The smallest absolute Gasteiger partial charge is 0.236 e. The van der Waals surface area contributed by atoms with Crippen LogP contribution in [0.4, 0.5) is 0 Å². The van der Waals surface area contributed by atoms with Gasteiger partial charge in [0.25, 0.3) is 0 Å². The summed E-state index contributed by atoms with van der Waals surface area (Å²) in [5.74, 6) is 0.0846. The minimum Gasteiger partial charge on any atom is -0.348 e. The van der Waals surface area contributed by atoms with Crippen molar-refractivity contribution >= 4 is 17.2 Å². The third-order valence-electron chi connectivity index (χ3n) is 1.94. The molecule has 0 aliphatic carbocycles. The second-order valence-corrected chi connectivity index (χ2v) is 4.21. The summed E-state index contributed by atoms with van der Waals surface area (Å²) in [6.45, 7) is 2.39. The fraction of sp³-hybridized carbons (Fsp3) is 0.556. The van der Waals surface area contributed by atoms with E-state index in [1.54, 1.807) is 35.8 Å². The summed E-state index contributed by atoms with van der Waals surface area (Å²) in [7, 11) is 3.50. The number of hydrogen-bond donors (Lipinski definition) is 1. The van der Waals surface area contributed by atoms with E-state index in [1.165, 1.54) is 0 Å². The number of rotatable bonds is 4. The largest absolute Gasteiger partial charge is 0.348 e. The van der Waals surface area contributed by atoms with Crippen molar-refractivity contribution in [3.05, 3.63) is 16.6 Å². The molecular formula is C9H15N3OS. The first-order valence-corrected chi connectivity index (χ1v) is 5.31. The zero-order valence-corrected chi connectivity index (χ0v) is 9.47. The summed E-state index contributed by atoms with van der Waals surface area (Å²) in [6.07, 6.45) is 1.82. The molecule has 1 N–H and O–H groups in total. The predicted octanol–water partition coefficient (Wildman–Crippen LogP) is 0.882. The predicted molar refractivity (Wildman–Crippen MR) is 57.2 cm³/mol. The Hall–Kier alpha value is -0.940. The maximum Gasteiger partial charge on any atom is 0.236 e. The average Bonchev–Trinajstić information content (AvgIpc) is 2.66. The number of thiazole rings is 1. The Balaban J connectivity index is 2.36. The summed E-state index contributed by atoms with van der Waals surface area (Å²) in [6, 6.07) is 0.186. The van der Waals surface area contributed by atoms with E-state index in [4.69, 9.17) is 0 Å². The molecule has 1 aromatic heterocycles. The highest BCUT2D eigenvalue weighted by Gasteiger charge is 2.09. The number of amides is 1. The zero-order chi connectivity index (χ0) is 10.6. The standard InChI is InChI=1S/C9H15N3OS/c1-7(8-4-10-6-14-8)11-5-9(13)12(2)3/h4,6-7,11H,5H2,1-3H3. The van der Waals surface area contributed by atoms with Crippen molar-refractivity contribution in [2.24, 2.45) is 0 Å². The van der Waals surface area contributed by atoms with Crippen molar-refractivity contribution in [1.29, 1.82) is 0 Å². The molecule has 78 valence electrons. The van der Waals surface area contributed by atoms with Gasteiger partial charge in [0, 0.05) is 31.2 Å². The molecule has 0 radical (unpaired) electrons. The lowest BCUT2D eigenvalue weighted by molar-refractivity contribution is -0.127. The molecule has 1 heterocycles. The molecule has 5 heteroatoms. The van der Waals surface area contributed by atoms with Gasteiger partial charge < -0.3 is 10.2 Å². The molecule has 1 unspecified atom stereocenters. The van der Waals surface area contributed by atoms with Crippen LogP contribution in [0.3, 0.4) is 0 Å². The van der Waals surface area contributed by atoms with Gasteiger partial charge in [-0.25, -0.2) is 0 Å². The number of likely N-dealkylation sites (N-methyl/N-ethyl adjacent to an activating group) is 1. The molecule has 1 rings (SSSR count). The zero-order valence-electron chi connectivity index (χ0n) is 8.65. The summed E-state index contributed by atoms with van der Waals surface area (Å²) in [4.78, 5) is 18.0. The lowest BCUT2D eigenvalue weighted by atomic mass is 10.3. The highest BCUT2D eigenvalue weighted by atomic mass is 32.1. The quantitative estimate of drug-likeness (QED) is 0.807. The minimum atomic E-state index is 0.0846. The molecule has 4 nitrogen and oxygen atoms in total. The van der Waals surface area contributed by atoms with Crippen LogP contribution < -0.4 is 5.32 Å². The van der Waals surface area contributed by atoms with Gasteiger partial charge in [0.1, 0.15) is 0 Å². The molecular weight excluding hydrogens is 198 g/mol. The summed E-state index contributed by atoms with van der Waals surface area (Å²) in [5, 5.41) is 3.15. The Bertz CT molecular complexity index is 284. The van der Waals surface area contributed by atoms with E-state index in [0.29, 0.717) is 6.54 Å². The van der Waals surface area contributed by atoms with Gasteiger partial charge in [0.05, 0.1) is 12.1 Å². The van der Waals surface area contributed by atoms with Gasteiger partial charge in [-0.3, -0.25) is 9.78 Å². The number of carbonyl (C=O) groups excluding carboxylic acids is 1. The van der Waals surface area contributed by atoms with Crippen LogP contribution in [0.15, 0.2) is 11.7 Å². The van der Waals surface area contributed by atoms with E-state index in [0.717, 1.165) is 4.88 Å². The van der Waals surface area contributed by atoms with E-state index in [2.05, 4.69) is 10.3 Å². The average molecular weight is 213 g/mol. The molecule has 0 saturated heterocycles. The minimum absolute atomic E-state index is 0.0846.